The van der Waals surface area contributed by atoms with Gasteiger partial charge in [-0.25, -0.2) is 0 Å². The number of ketones is 2. The van der Waals surface area contributed by atoms with E-state index in [9.17, 15) is 14.7 Å². The fraction of sp³-hybridized carbons (Fsp3) is 0.167. The maximum absolute atomic E-state index is 13.1. The first-order chi connectivity index (χ1) is 13.9. The van der Waals surface area contributed by atoms with Crippen LogP contribution in [0.25, 0.3) is 0 Å². The minimum atomic E-state index is -0.356. The maximum Gasteiger partial charge on any atom is 0.192 e. The molecule has 0 radical (unpaired) electrons. The van der Waals surface area contributed by atoms with Gasteiger partial charge in [-0.2, -0.15) is 0 Å². The molecule has 150 valence electrons. The number of nitrogens with two attached hydrogens (primary N) is 1. The molecular formula is C24H25NO4. The Morgan fingerprint density at radius 1 is 1.17 bits per heavy atom. The van der Waals surface area contributed by atoms with Crippen molar-refractivity contribution in [2.24, 2.45) is 5.73 Å². The highest BCUT2D eigenvalue weighted by atomic mass is 16.5. The first-order valence-electron chi connectivity index (χ1n) is 9.26. The molecule has 0 aromatic heterocycles. The van der Waals surface area contributed by atoms with Gasteiger partial charge in [0.25, 0.3) is 0 Å². The number of Topliss-reactive ketones (excluding diaryl/α,β-unsaturated/α-hetero) is 2. The van der Waals surface area contributed by atoms with Gasteiger partial charge in [0.2, 0.25) is 0 Å². The number of rotatable bonds is 9. The molecule has 1 aromatic carbocycles. The molecule has 3 N–H and O–H groups in total. The molecule has 0 amide bonds. The highest BCUT2D eigenvalue weighted by molar-refractivity contribution is 6.27. The van der Waals surface area contributed by atoms with Crippen LogP contribution in [0.2, 0.25) is 0 Å². The third-order valence-corrected chi connectivity index (χ3v) is 4.39. The van der Waals surface area contributed by atoms with Gasteiger partial charge >= 0.3 is 0 Å². The molecule has 1 aliphatic rings. The molecule has 1 aromatic rings. The lowest BCUT2D eigenvalue weighted by molar-refractivity contribution is -0.116. The number of hydrogen-bond acceptors (Lipinski definition) is 5. The Morgan fingerprint density at radius 2 is 1.86 bits per heavy atom. The Kier molecular flexibility index (Phi) is 7.54. The van der Waals surface area contributed by atoms with Crippen LogP contribution in [0.1, 0.15) is 19.8 Å². The van der Waals surface area contributed by atoms with E-state index >= 15 is 0 Å². The third-order valence-electron chi connectivity index (χ3n) is 4.39. The number of carbonyl (C=O) groups is 2. The van der Waals surface area contributed by atoms with E-state index in [0.717, 1.165) is 0 Å². The summed E-state index contributed by atoms with van der Waals surface area (Å²) in [6.45, 7) is 9.15. The fourth-order valence-corrected chi connectivity index (χ4v) is 3.03. The second-order valence-electron chi connectivity index (χ2n) is 6.37. The van der Waals surface area contributed by atoms with Gasteiger partial charge in [0, 0.05) is 28.8 Å². The molecule has 0 heterocycles. The van der Waals surface area contributed by atoms with E-state index in [4.69, 9.17) is 10.5 Å². The average Bonchev–Trinajstić information content (AvgIpc) is 2.69. The van der Waals surface area contributed by atoms with Crippen molar-refractivity contribution in [1.82, 2.24) is 0 Å². The van der Waals surface area contributed by atoms with Gasteiger partial charge in [-0.3, -0.25) is 9.59 Å². The Bertz CT molecular complexity index is 946. The van der Waals surface area contributed by atoms with Gasteiger partial charge in [-0.15, -0.1) is 0 Å². The fourth-order valence-electron chi connectivity index (χ4n) is 3.03. The lowest BCUT2D eigenvalue weighted by atomic mass is 9.80. The van der Waals surface area contributed by atoms with E-state index in [1.807, 2.05) is 18.2 Å². The average molecular weight is 391 g/mol. The number of hydrogen-bond donors (Lipinski definition) is 2. The Labute approximate surface area is 170 Å². The number of aliphatic hydroxyl groups excluding tert-OH is 1. The molecule has 1 aliphatic carbocycles. The van der Waals surface area contributed by atoms with Gasteiger partial charge in [0.05, 0.1) is 11.3 Å². The van der Waals surface area contributed by atoms with E-state index in [1.54, 1.807) is 31.2 Å². The van der Waals surface area contributed by atoms with Gasteiger partial charge in [0.1, 0.15) is 12.4 Å². The maximum atomic E-state index is 13.1. The summed E-state index contributed by atoms with van der Waals surface area (Å²) in [6.07, 6.45) is 6.36. The second kappa shape index (κ2) is 10.1. The monoisotopic (exact) mass is 391 g/mol. The molecule has 5 nitrogen and oxygen atoms in total. The van der Waals surface area contributed by atoms with Crippen LogP contribution in [0.3, 0.4) is 0 Å². The van der Waals surface area contributed by atoms with E-state index in [0.29, 0.717) is 17.7 Å². The van der Waals surface area contributed by atoms with Crippen LogP contribution in [0.4, 0.5) is 0 Å². The van der Waals surface area contributed by atoms with Crippen LogP contribution >= 0.6 is 0 Å². The quantitative estimate of drug-likeness (QED) is 0.373. The van der Waals surface area contributed by atoms with E-state index in [2.05, 4.69) is 13.2 Å². The van der Waals surface area contributed by atoms with Crippen molar-refractivity contribution in [3.8, 4) is 5.75 Å². The zero-order chi connectivity index (χ0) is 21.4. The van der Waals surface area contributed by atoms with Crippen LogP contribution in [-0.4, -0.2) is 23.3 Å². The molecule has 0 fully saturated rings. The predicted molar refractivity (Wildman–Crippen MR) is 114 cm³/mol. The first kappa shape index (κ1) is 21.7. The predicted octanol–water partition coefficient (Wildman–Crippen LogP) is 4.27. The highest BCUT2D eigenvalue weighted by Crippen LogP contribution is 2.32. The summed E-state index contributed by atoms with van der Waals surface area (Å²) in [5.41, 5.74) is 6.66. The lowest BCUT2D eigenvalue weighted by Crippen LogP contribution is -2.26. The van der Waals surface area contributed by atoms with Gasteiger partial charge in [-0.05, 0) is 24.6 Å². The van der Waals surface area contributed by atoms with E-state index in [1.165, 1.54) is 12.2 Å². The van der Waals surface area contributed by atoms with Crippen molar-refractivity contribution in [2.75, 3.05) is 6.61 Å². The molecule has 29 heavy (non-hydrogen) atoms. The number of para-hydroxylation sites is 1. The minimum absolute atomic E-state index is 0.00406. The van der Waals surface area contributed by atoms with Crippen LogP contribution in [0.15, 0.2) is 102 Å². The van der Waals surface area contributed by atoms with E-state index < -0.39 is 0 Å². The molecule has 0 atom stereocenters. The molecule has 0 spiro atoms. The van der Waals surface area contributed by atoms with Crippen LogP contribution < -0.4 is 10.5 Å². The van der Waals surface area contributed by atoms with Crippen molar-refractivity contribution in [3.05, 3.63) is 102 Å². The summed E-state index contributed by atoms with van der Waals surface area (Å²) in [7, 11) is 0. The molecule has 0 saturated carbocycles. The molecule has 2 rings (SSSR count). The molecule has 0 aliphatic heterocycles. The normalized spacial score (nSPS) is 15.3. The highest BCUT2D eigenvalue weighted by Gasteiger charge is 2.33. The van der Waals surface area contributed by atoms with Crippen LogP contribution in [0.5, 0.6) is 5.75 Å². The van der Waals surface area contributed by atoms with Crippen molar-refractivity contribution in [2.45, 2.75) is 19.8 Å². The van der Waals surface area contributed by atoms with Crippen LogP contribution in [-0.2, 0) is 9.59 Å². The lowest BCUT2D eigenvalue weighted by Gasteiger charge is -2.22. The zero-order valence-electron chi connectivity index (χ0n) is 16.5. The number of benzene rings is 1. The largest absolute Gasteiger partial charge is 0.512 e. The van der Waals surface area contributed by atoms with Crippen molar-refractivity contribution >= 4 is 11.6 Å². The standard InChI is InChI=1S/C24H25NO4/c1-4-6-12-20-19(5-2)24(28)22(16(3)25)21(23(20)27)15-17(26)13-14-29-18-10-8-7-9-11-18/h4,6-13,26H,1,3,5,14-15,25H2,2H3/b12-6-,17-13+. The Morgan fingerprint density at radius 3 is 2.45 bits per heavy atom. The van der Waals surface area contributed by atoms with Gasteiger partial charge in [-0.1, -0.05) is 56.5 Å². The summed E-state index contributed by atoms with van der Waals surface area (Å²) in [4.78, 5) is 26.0. The van der Waals surface area contributed by atoms with Gasteiger partial charge < -0.3 is 15.6 Å². The number of allylic oxidation sites excluding steroid dienone is 7. The van der Waals surface area contributed by atoms with Gasteiger partial charge in [0.15, 0.2) is 11.6 Å². The van der Waals surface area contributed by atoms with Crippen molar-refractivity contribution in [3.63, 3.8) is 0 Å². The second-order valence-corrected chi connectivity index (χ2v) is 6.37. The molecule has 5 heteroatoms. The summed E-state index contributed by atoms with van der Waals surface area (Å²) in [6, 6.07) is 9.14. The molecule has 0 saturated heterocycles. The SMILES string of the molecule is C=C/C=C\C1=C(CC)C(=O)C(C(=C)N)=C(C/C(O)=C\COc2ccccc2)C1=O. The molecular weight excluding hydrogens is 366 g/mol. The number of ether oxygens (including phenoxy) is 1. The first-order valence-corrected chi connectivity index (χ1v) is 9.26. The number of aliphatic hydroxyl groups is 1. The Hall–Kier alpha value is -3.60. The summed E-state index contributed by atoms with van der Waals surface area (Å²) in [5.74, 6) is -0.136. The third kappa shape index (κ3) is 5.23. The summed E-state index contributed by atoms with van der Waals surface area (Å²) < 4.78 is 5.52. The molecule has 0 bridgehead atoms. The van der Waals surface area contributed by atoms with Crippen molar-refractivity contribution < 1.29 is 19.4 Å². The topological polar surface area (TPSA) is 89.6 Å². The van der Waals surface area contributed by atoms with Crippen molar-refractivity contribution in [1.29, 1.82) is 0 Å². The zero-order valence-corrected chi connectivity index (χ0v) is 16.5. The smallest absolute Gasteiger partial charge is 0.192 e. The minimum Gasteiger partial charge on any atom is -0.512 e. The summed E-state index contributed by atoms with van der Waals surface area (Å²) >= 11 is 0. The molecule has 0 unspecified atom stereocenters. The number of carbonyl (C=O) groups excluding carboxylic acids is 2. The van der Waals surface area contributed by atoms with E-state index in [-0.39, 0.29) is 52.8 Å². The van der Waals surface area contributed by atoms with Crippen LogP contribution in [0, 0.1) is 0 Å². The Balaban J connectivity index is 2.30. The summed E-state index contributed by atoms with van der Waals surface area (Å²) in [5, 5.41) is 10.3.